The van der Waals surface area contributed by atoms with Gasteiger partial charge in [-0.1, -0.05) is 13.8 Å². The molecule has 0 saturated carbocycles. The fourth-order valence-electron chi connectivity index (χ4n) is 1.64. The zero-order valence-electron chi connectivity index (χ0n) is 11.5. The molecule has 1 N–H and O–H groups in total. The topological polar surface area (TPSA) is 34.4 Å². The molecular weight excluding hydrogens is 325 g/mol. The summed E-state index contributed by atoms with van der Waals surface area (Å²) in [6, 6.07) is 8.54. The Bertz CT molecular complexity index is 569. The second-order valence-electron chi connectivity index (χ2n) is 4.77. The Hall–Kier alpha value is -1.33. The molecule has 0 aliphatic heterocycles. The molecule has 1 aromatic carbocycles. The van der Waals surface area contributed by atoms with Crippen molar-refractivity contribution in [1.82, 2.24) is 5.32 Å². The summed E-state index contributed by atoms with van der Waals surface area (Å²) in [5, 5.41) is 3.28. The van der Waals surface area contributed by atoms with Crippen LogP contribution in [0.25, 0.3) is 0 Å². The molecular formula is C15H17BrFNO2. The summed E-state index contributed by atoms with van der Waals surface area (Å²) in [4.78, 5) is 0. The Labute approximate surface area is 126 Å². The summed E-state index contributed by atoms with van der Waals surface area (Å²) >= 11 is 3.26. The molecule has 2 aromatic rings. The van der Waals surface area contributed by atoms with Crippen LogP contribution in [-0.2, 0) is 13.2 Å². The van der Waals surface area contributed by atoms with Crippen LogP contribution in [0.3, 0.4) is 0 Å². The predicted octanol–water partition coefficient (Wildman–Crippen LogP) is 4.26. The number of furan rings is 1. The molecule has 1 aromatic heterocycles. The summed E-state index contributed by atoms with van der Waals surface area (Å²) in [5.74, 6) is 1.89. The van der Waals surface area contributed by atoms with Crippen molar-refractivity contribution in [2.75, 3.05) is 0 Å². The largest absolute Gasteiger partial charge is 0.484 e. The summed E-state index contributed by atoms with van der Waals surface area (Å²) < 4.78 is 24.8. The van der Waals surface area contributed by atoms with Crippen LogP contribution in [0.4, 0.5) is 4.39 Å². The van der Waals surface area contributed by atoms with Gasteiger partial charge in [0, 0.05) is 6.04 Å². The van der Waals surface area contributed by atoms with Crippen LogP contribution < -0.4 is 10.1 Å². The Morgan fingerprint density at radius 3 is 2.70 bits per heavy atom. The van der Waals surface area contributed by atoms with Crippen molar-refractivity contribution in [2.24, 2.45) is 0 Å². The van der Waals surface area contributed by atoms with Gasteiger partial charge in [0.2, 0.25) is 0 Å². The van der Waals surface area contributed by atoms with Crippen molar-refractivity contribution in [3.63, 3.8) is 0 Å². The normalized spacial score (nSPS) is 11.1. The van der Waals surface area contributed by atoms with Gasteiger partial charge in [0.25, 0.3) is 0 Å². The van der Waals surface area contributed by atoms with E-state index in [1.807, 2.05) is 12.1 Å². The Morgan fingerprint density at radius 1 is 1.25 bits per heavy atom. The fraction of sp³-hybridized carbons (Fsp3) is 0.333. The minimum Gasteiger partial charge on any atom is -0.484 e. The van der Waals surface area contributed by atoms with Crippen LogP contribution in [-0.4, -0.2) is 6.04 Å². The van der Waals surface area contributed by atoms with Gasteiger partial charge in [-0.2, -0.15) is 0 Å². The smallest absolute Gasteiger partial charge is 0.146 e. The second kappa shape index (κ2) is 6.90. The fourth-order valence-corrected chi connectivity index (χ4v) is 2.11. The molecule has 0 atom stereocenters. The van der Waals surface area contributed by atoms with Gasteiger partial charge in [-0.3, -0.25) is 0 Å². The van der Waals surface area contributed by atoms with Gasteiger partial charge >= 0.3 is 0 Å². The number of hydrogen-bond acceptors (Lipinski definition) is 3. The van der Waals surface area contributed by atoms with E-state index in [2.05, 4.69) is 35.1 Å². The highest BCUT2D eigenvalue weighted by Gasteiger charge is 2.06. The lowest BCUT2D eigenvalue weighted by Crippen LogP contribution is -2.21. The molecule has 0 aliphatic rings. The third-order valence-electron chi connectivity index (χ3n) is 2.67. The average molecular weight is 342 g/mol. The van der Waals surface area contributed by atoms with E-state index in [-0.39, 0.29) is 5.82 Å². The monoisotopic (exact) mass is 341 g/mol. The SMILES string of the molecule is CC(C)NCc1ccc(COc2ccc(F)cc2Br)o1. The molecule has 0 spiro atoms. The number of ether oxygens (including phenoxy) is 1. The molecule has 0 amide bonds. The van der Waals surface area contributed by atoms with Crippen LogP contribution >= 0.6 is 15.9 Å². The highest BCUT2D eigenvalue weighted by Crippen LogP contribution is 2.26. The van der Waals surface area contributed by atoms with Crippen LogP contribution in [0.2, 0.25) is 0 Å². The molecule has 20 heavy (non-hydrogen) atoms. The zero-order chi connectivity index (χ0) is 14.5. The Balaban J connectivity index is 1.90. The quantitative estimate of drug-likeness (QED) is 0.852. The first-order valence-corrected chi connectivity index (χ1v) is 7.22. The molecule has 1 heterocycles. The maximum atomic E-state index is 13.0. The van der Waals surface area contributed by atoms with Gasteiger partial charge in [0.15, 0.2) is 0 Å². The van der Waals surface area contributed by atoms with E-state index in [1.165, 1.54) is 12.1 Å². The third-order valence-corrected chi connectivity index (χ3v) is 3.29. The first kappa shape index (κ1) is 15.1. The lowest BCUT2D eigenvalue weighted by molar-refractivity contribution is 0.263. The van der Waals surface area contributed by atoms with Gasteiger partial charge in [-0.05, 0) is 46.3 Å². The summed E-state index contributed by atoms with van der Waals surface area (Å²) in [6.07, 6.45) is 0. The number of halogens is 2. The Morgan fingerprint density at radius 2 is 2.00 bits per heavy atom. The lowest BCUT2D eigenvalue weighted by atomic mass is 10.3. The zero-order valence-corrected chi connectivity index (χ0v) is 13.0. The lowest BCUT2D eigenvalue weighted by Gasteiger charge is -2.07. The van der Waals surface area contributed by atoms with E-state index < -0.39 is 0 Å². The maximum Gasteiger partial charge on any atom is 0.146 e. The van der Waals surface area contributed by atoms with Gasteiger partial charge in [-0.15, -0.1) is 0 Å². The van der Waals surface area contributed by atoms with Crippen molar-refractivity contribution in [1.29, 1.82) is 0 Å². The van der Waals surface area contributed by atoms with E-state index in [9.17, 15) is 4.39 Å². The van der Waals surface area contributed by atoms with Gasteiger partial charge < -0.3 is 14.5 Å². The molecule has 0 unspecified atom stereocenters. The molecule has 0 radical (unpaired) electrons. The number of nitrogens with one attached hydrogen (secondary N) is 1. The molecule has 2 rings (SSSR count). The van der Waals surface area contributed by atoms with Gasteiger partial charge in [0.05, 0.1) is 11.0 Å². The number of rotatable bonds is 6. The molecule has 5 heteroatoms. The minimum atomic E-state index is -0.302. The van der Waals surface area contributed by atoms with E-state index in [1.54, 1.807) is 6.07 Å². The Kier molecular flexibility index (Phi) is 5.20. The summed E-state index contributed by atoms with van der Waals surface area (Å²) in [5.41, 5.74) is 0. The number of benzene rings is 1. The van der Waals surface area contributed by atoms with E-state index in [0.717, 1.165) is 11.5 Å². The van der Waals surface area contributed by atoms with Crippen molar-refractivity contribution in [3.8, 4) is 5.75 Å². The first-order chi connectivity index (χ1) is 9.54. The molecule has 0 saturated heterocycles. The molecule has 3 nitrogen and oxygen atoms in total. The standard InChI is InChI=1S/C15H17BrFNO2/c1-10(2)18-8-12-4-5-13(20-12)9-19-15-6-3-11(17)7-14(15)16/h3-7,10,18H,8-9H2,1-2H3. The first-order valence-electron chi connectivity index (χ1n) is 6.43. The van der Waals surface area contributed by atoms with Crippen LogP contribution in [0, 0.1) is 5.82 Å². The second-order valence-corrected chi connectivity index (χ2v) is 5.62. The van der Waals surface area contributed by atoms with Crippen molar-refractivity contribution < 1.29 is 13.5 Å². The minimum absolute atomic E-state index is 0.302. The van der Waals surface area contributed by atoms with Crippen LogP contribution in [0.15, 0.2) is 39.2 Å². The highest BCUT2D eigenvalue weighted by atomic mass is 79.9. The molecule has 0 aliphatic carbocycles. The van der Waals surface area contributed by atoms with Crippen molar-refractivity contribution >= 4 is 15.9 Å². The van der Waals surface area contributed by atoms with E-state index >= 15 is 0 Å². The van der Waals surface area contributed by atoms with E-state index in [4.69, 9.17) is 9.15 Å². The molecule has 0 fully saturated rings. The summed E-state index contributed by atoms with van der Waals surface area (Å²) in [7, 11) is 0. The maximum absolute atomic E-state index is 13.0. The number of hydrogen-bond donors (Lipinski definition) is 1. The van der Waals surface area contributed by atoms with Crippen molar-refractivity contribution in [2.45, 2.75) is 33.0 Å². The van der Waals surface area contributed by atoms with Gasteiger partial charge in [-0.25, -0.2) is 4.39 Å². The van der Waals surface area contributed by atoms with Crippen LogP contribution in [0.1, 0.15) is 25.4 Å². The predicted molar refractivity (Wildman–Crippen MR) is 79.1 cm³/mol. The third kappa shape index (κ3) is 4.35. The van der Waals surface area contributed by atoms with Crippen LogP contribution in [0.5, 0.6) is 5.75 Å². The molecule has 0 bridgehead atoms. The summed E-state index contributed by atoms with van der Waals surface area (Å²) in [6.45, 7) is 5.17. The average Bonchev–Trinajstić information content (AvgIpc) is 2.83. The highest BCUT2D eigenvalue weighted by molar-refractivity contribution is 9.10. The van der Waals surface area contributed by atoms with Gasteiger partial charge in [0.1, 0.15) is 29.7 Å². The van der Waals surface area contributed by atoms with Crippen molar-refractivity contribution in [3.05, 3.63) is 52.1 Å². The molecule has 108 valence electrons. The van der Waals surface area contributed by atoms with E-state index in [0.29, 0.717) is 29.4 Å².